The van der Waals surface area contributed by atoms with Crippen molar-refractivity contribution in [1.82, 2.24) is 0 Å². The van der Waals surface area contributed by atoms with Gasteiger partial charge in [0.2, 0.25) is 0 Å². The second-order valence-corrected chi connectivity index (χ2v) is 6.33. The number of ether oxygens (including phenoxy) is 2. The highest BCUT2D eigenvalue weighted by atomic mass is 32.1. The van der Waals surface area contributed by atoms with E-state index in [2.05, 4.69) is 0 Å². The number of methoxy groups -OCH3 is 1. The van der Waals surface area contributed by atoms with E-state index in [4.69, 9.17) is 9.47 Å². The summed E-state index contributed by atoms with van der Waals surface area (Å²) in [5.74, 6) is 0.473. The molecule has 0 atom stereocenters. The van der Waals surface area contributed by atoms with Crippen LogP contribution in [0, 0.1) is 0 Å². The van der Waals surface area contributed by atoms with Crippen LogP contribution in [0.25, 0.3) is 6.08 Å². The van der Waals surface area contributed by atoms with Gasteiger partial charge in [0.05, 0.1) is 12.7 Å². The lowest BCUT2D eigenvalue weighted by Gasteiger charge is -2.06. The average molecular weight is 364 g/mol. The van der Waals surface area contributed by atoms with Gasteiger partial charge in [-0.05, 0) is 72.1 Å². The Morgan fingerprint density at radius 3 is 2.15 bits per heavy atom. The van der Waals surface area contributed by atoms with Gasteiger partial charge in [-0.3, -0.25) is 4.79 Å². The third-order valence-electron chi connectivity index (χ3n) is 3.62. The summed E-state index contributed by atoms with van der Waals surface area (Å²) in [5.41, 5.74) is 0.951. The molecule has 0 unspecified atom stereocenters. The smallest absolute Gasteiger partial charge is 0.343 e. The highest BCUT2D eigenvalue weighted by Crippen LogP contribution is 2.17. The van der Waals surface area contributed by atoms with Crippen LogP contribution < -0.4 is 9.47 Å². The van der Waals surface area contributed by atoms with Gasteiger partial charge >= 0.3 is 5.97 Å². The molecule has 4 nitrogen and oxygen atoms in total. The van der Waals surface area contributed by atoms with E-state index < -0.39 is 5.97 Å². The second-order valence-electron chi connectivity index (χ2n) is 5.36. The van der Waals surface area contributed by atoms with Gasteiger partial charge in [-0.25, -0.2) is 4.79 Å². The Morgan fingerprint density at radius 2 is 1.54 bits per heavy atom. The van der Waals surface area contributed by atoms with E-state index in [-0.39, 0.29) is 5.78 Å². The molecule has 0 bridgehead atoms. The van der Waals surface area contributed by atoms with Crippen LogP contribution in [-0.2, 0) is 0 Å². The number of hydrogen-bond acceptors (Lipinski definition) is 5. The summed E-state index contributed by atoms with van der Waals surface area (Å²) in [5, 5.41) is 1.95. The highest BCUT2D eigenvalue weighted by molar-refractivity contribution is 7.10. The van der Waals surface area contributed by atoms with Crippen LogP contribution >= 0.6 is 11.3 Å². The molecule has 0 fully saturated rings. The maximum Gasteiger partial charge on any atom is 0.343 e. The number of esters is 1. The average Bonchev–Trinajstić information content (AvgIpc) is 3.20. The fourth-order valence-corrected chi connectivity index (χ4v) is 2.84. The topological polar surface area (TPSA) is 52.6 Å². The van der Waals surface area contributed by atoms with Crippen molar-refractivity contribution < 1.29 is 19.1 Å². The number of benzene rings is 2. The number of thiophene rings is 1. The molecular weight excluding hydrogens is 348 g/mol. The lowest BCUT2D eigenvalue weighted by atomic mass is 10.1. The Kier molecular flexibility index (Phi) is 5.61. The first-order chi connectivity index (χ1) is 12.7. The lowest BCUT2D eigenvalue weighted by molar-refractivity contribution is 0.0734. The molecule has 0 N–H and O–H groups in total. The van der Waals surface area contributed by atoms with Crippen LogP contribution in [0.4, 0.5) is 0 Å². The molecule has 0 saturated carbocycles. The quantitative estimate of drug-likeness (QED) is 0.271. The van der Waals surface area contributed by atoms with Crippen LogP contribution in [0.1, 0.15) is 25.6 Å². The normalized spacial score (nSPS) is 10.7. The van der Waals surface area contributed by atoms with Crippen molar-refractivity contribution in [2.45, 2.75) is 0 Å². The van der Waals surface area contributed by atoms with Gasteiger partial charge in [0.1, 0.15) is 11.5 Å². The molecular formula is C21H16O4S. The van der Waals surface area contributed by atoms with Crippen molar-refractivity contribution in [2.75, 3.05) is 7.11 Å². The summed E-state index contributed by atoms with van der Waals surface area (Å²) in [7, 11) is 1.56. The third kappa shape index (κ3) is 4.46. The number of hydrogen-bond donors (Lipinski definition) is 0. The van der Waals surface area contributed by atoms with Crippen molar-refractivity contribution in [3.05, 3.63) is 88.1 Å². The zero-order chi connectivity index (χ0) is 18.4. The molecule has 0 aliphatic carbocycles. The van der Waals surface area contributed by atoms with E-state index in [0.29, 0.717) is 22.6 Å². The summed E-state index contributed by atoms with van der Waals surface area (Å²) < 4.78 is 10.4. The van der Waals surface area contributed by atoms with Crippen molar-refractivity contribution in [2.24, 2.45) is 0 Å². The van der Waals surface area contributed by atoms with Crippen molar-refractivity contribution >= 4 is 29.2 Å². The fourth-order valence-electron chi connectivity index (χ4n) is 2.22. The van der Waals surface area contributed by atoms with Gasteiger partial charge in [-0.1, -0.05) is 6.07 Å². The molecule has 1 heterocycles. The van der Waals surface area contributed by atoms with Gasteiger partial charge in [-0.2, -0.15) is 0 Å². The molecule has 2 aromatic carbocycles. The van der Waals surface area contributed by atoms with Gasteiger partial charge < -0.3 is 9.47 Å². The number of carbonyl (C=O) groups excluding carboxylic acids is 2. The number of allylic oxidation sites excluding steroid dienone is 1. The summed E-state index contributed by atoms with van der Waals surface area (Å²) >= 11 is 1.57. The first-order valence-electron chi connectivity index (χ1n) is 7.88. The zero-order valence-electron chi connectivity index (χ0n) is 14.0. The van der Waals surface area contributed by atoms with Crippen molar-refractivity contribution in [3.8, 4) is 11.5 Å². The zero-order valence-corrected chi connectivity index (χ0v) is 14.9. The Labute approximate surface area is 155 Å². The molecule has 5 heteroatoms. The van der Waals surface area contributed by atoms with Crippen LogP contribution in [0.5, 0.6) is 11.5 Å². The van der Waals surface area contributed by atoms with Crippen LogP contribution in [0.2, 0.25) is 0 Å². The van der Waals surface area contributed by atoms with Gasteiger partial charge in [0, 0.05) is 10.4 Å². The third-order valence-corrected chi connectivity index (χ3v) is 4.45. The molecule has 130 valence electrons. The number of carbonyl (C=O) groups is 2. The van der Waals surface area contributed by atoms with Crippen molar-refractivity contribution in [3.63, 3.8) is 0 Å². The predicted molar refractivity (Wildman–Crippen MR) is 102 cm³/mol. The van der Waals surface area contributed by atoms with Gasteiger partial charge in [-0.15, -0.1) is 11.3 Å². The van der Waals surface area contributed by atoms with Crippen LogP contribution in [-0.4, -0.2) is 18.9 Å². The highest BCUT2D eigenvalue weighted by Gasteiger charge is 2.09. The monoisotopic (exact) mass is 364 g/mol. The Bertz CT molecular complexity index is 908. The Hall–Kier alpha value is -3.18. The summed E-state index contributed by atoms with van der Waals surface area (Å²) in [6.07, 6.45) is 3.31. The molecule has 26 heavy (non-hydrogen) atoms. The predicted octanol–water partition coefficient (Wildman–Crippen LogP) is 4.87. The maximum atomic E-state index is 12.2. The number of ketones is 1. The largest absolute Gasteiger partial charge is 0.497 e. The van der Waals surface area contributed by atoms with E-state index in [0.717, 1.165) is 4.88 Å². The van der Waals surface area contributed by atoms with E-state index in [1.165, 1.54) is 6.08 Å². The molecule has 3 rings (SSSR count). The van der Waals surface area contributed by atoms with E-state index in [1.807, 2.05) is 17.5 Å². The molecule has 0 amide bonds. The molecule has 0 spiro atoms. The van der Waals surface area contributed by atoms with Gasteiger partial charge in [0.15, 0.2) is 5.78 Å². The Balaban J connectivity index is 1.63. The first kappa shape index (κ1) is 17.6. The van der Waals surface area contributed by atoms with E-state index in [1.54, 1.807) is 73.1 Å². The van der Waals surface area contributed by atoms with Gasteiger partial charge in [0.25, 0.3) is 0 Å². The van der Waals surface area contributed by atoms with E-state index >= 15 is 0 Å². The van der Waals surface area contributed by atoms with Crippen molar-refractivity contribution in [1.29, 1.82) is 0 Å². The minimum absolute atomic E-state index is 0.105. The SMILES string of the molecule is COc1ccc(C(=O)Oc2ccc(C(=O)C=Cc3cccs3)cc2)cc1. The minimum atomic E-state index is -0.468. The standard InChI is InChI=1S/C21H16O4S/c1-24-17-8-6-16(7-9-17)21(23)25-18-10-4-15(5-11-18)20(22)13-12-19-3-2-14-26-19/h2-14H,1H3. The maximum absolute atomic E-state index is 12.2. The van der Waals surface area contributed by atoms with E-state index in [9.17, 15) is 9.59 Å². The molecule has 0 radical (unpaired) electrons. The van der Waals surface area contributed by atoms with Crippen LogP contribution in [0.3, 0.4) is 0 Å². The minimum Gasteiger partial charge on any atom is -0.497 e. The summed E-state index contributed by atoms with van der Waals surface area (Å²) in [6, 6.07) is 17.0. The summed E-state index contributed by atoms with van der Waals surface area (Å²) in [6.45, 7) is 0. The molecule has 0 aliphatic heterocycles. The molecule has 1 aromatic heterocycles. The second kappa shape index (κ2) is 8.27. The molecule has 0 aliphatic rings. The van der Waals surface area contributed by atoms with Crippen LogP contribution in [0.15, 0.2) is 72.1 Å². The Morgan fingerprint density at radius 1 is 0.885 bits per heavy atom. The fraction of sp³-hybridized carbons (Fsp3) is 0.0476. The first-order valence-corrected chi connectivity index (χ1v) is 8.76. The molecule has 3 aromatic rings. The summed E-state index contributed by atoms with van der Waals surface area (Å²) in [4.78, 5) is 25.3. The number of rotatable bonds is 6. The lowest BCUT2D eigenvalue weighted by Crippen LogP contribution is -2.08. The molecule has 0 saturated heterocycles.